The van der Waals surface area contributed by atoms with Gasteiger partial charge in [0.25, 0.3) is 0 Å². The van der Waals surface area contributed by atoms with E-state index in [-0.39, 0.29) is 6.61 Å². The van der Waals surface area contributed by atoms with Crippen molar-refractivity contribution in [3.05, 3.63) is 58.6 Å². The molecule has 0 saturated heterocycles. The van der Waals surface area contributed by atoms with E-state index in [0.717, 1.165) is 0 Å². The lowest BCUT2D eigenvalue weighted by molar-refractivity contribution is -0.150. The molecule has 0 fully saturated rings. The van der Waals surface area contributed by atoms with E-state index in [9.17, 15) is 4.79 Å². The van der Waals surface area contributed by atoms with Crippen LogP contribution in [-0.2, 0) is 9.53 Å². The van der Waals surface area contributed by atoms with Crippen LogP contribution in [0.4, 0.5) is 0 Å². The lowest BCUT2D eigenvalue weighted by Crippen LogP contribution is -2.34. The molecule has 2 aromatic rings. The summed E-state index contributed by atoms with van der Waals surface area (Å²) in [6.07, 6.45) is -0.941. The normalized spacial score (nSPS) is 11.6. The molecule has 0 spiro atoms. The van der Waals surface area contributed by atoms with Crippen molar-refractivity contribution in [1.29, 1.82) is 0 Å². The highest BCUT2D eigenvalue weighted by atomic mass is 35.5. The number of hydrogen-bond donors (Lipinski definition) is 0. The maximum absolute atomic E-state index is 11.8. The molecule has 4 nitrogen and oxygen atoms in total. The Balaban J connectivity index is 2.07. The van der Waals surface area contributed by atoms with E-state index in [1.54, 1.807) is 24.3 Å². The predicted molar refractivity (Wildman–Crippen MR) is 84.8 cm³/mol. The number of methoxy groups -OCH3 is 1. The first kappa shape index (κ1) is 16.5. The number of halogens is 2. The molecule has 0 aromatic heterocycles. The number of carbonyl (C=O) groups excluding carboxylic acids is 1. The summed E-state index contributed by atoms with van der Waals surface area (Å²) in [6, 6.07) is 13.8. The Morgan fingerprint density at radius 3 is 2.50 bits per heavy atom. The van der Waals surface area contributed by atoms with Gasteiger partial charge in [-0.2, -0.15) is 0 Å². The van der Waals surface area contributed by atoms with Gasteiger partial charge < -0.3 is 14.2 Å². The smallest absolute Gasteiger partial charge is 0.350 e. The molecule has 0 aliphatic rings. The van der Waals surface area contributed by atoms with Gasteiger partial charge in [0, 0.05) is 5.02 Å². The van der Waals surface area contributed by atoms with Gasteiger partial charge in [-0.15, -0.1) is 0 Å². The SMILES string of the molecule is COC(=O)C(COc1ccccc1)Oc1ccc(Cl)cc1Cl. The number of carbonyl (C=O) groups is 1. The highest BCUT2D eigenvalue weighted by Gasteiger charge is 2.23. The van der Waals surface area contributed by atoms with E-state index in [2.05, 4.69) is 0 Å². The first-order chi connectivity index (χ1) is 10.6. The molecule has 0 radical (unpaired) electrons. The first-order valence-electron chi connectivity index (χ1n) is 6.47. The molecule has 22 heavy (non-hydrogen) atoms. The largest absolute Gasteiger partial charge is 0.489 e. The van der Waals surface area contributed by atoms with E-state index >= 15 is 0 Å². The lowest BCUT2D eigenvalue weighted by atomic mass is 10.3. The van der Waals surface area contributed by atoms with Gasteiger partial charge in [-0.25, -0.2) is 4.79 Å². The van der Waals surface area contributed by atoms with E-state index in [4.69, 9.17) is 37.4 Å². The molecule has 1 atom stereocenters. The molecule has 0 aliphatic carbocycles. The van der Waals surface area contributed by atoms with Crippen molar-refractivity contribution in [2.24, 2.45) is 0 Å². The Bertz CT molecular complexity index is 631. The molecule has 0 bridgehead atoms. The summed E-state index contributed by atoms with van der Waals surface area (Å²) < 4.78 is 15.8. The molecule has 0 heterocycles. The van der Waals surface area contributed by atoms with Gasteiger partial charge in [0.15, 0.2) is 0 Å². The third kappa shape index (κ3) is 4.55. The number of benzene rings is 2. The number of rotatable bonds is 6. The van der Waals surface area contributed by atoms with Crippen LogP contribution in [0.3, 0.4) is 0 Å². The zero-order valence-electron chi connectivity index (χ0n) is 11.8. The molecule has 0 amide bonds. The fourth-order valence-electron chi connectivity index (χ4n) is 1.69. The van der Waals surface area contributed by atoms with Gasteiger partial charge in [-0.05, 0) is 30.3 Å². The average molecular weight is 341 g/mol. The summed E-state index contributed by atoms with van der Waals surface area (Å²) in [5.74, 6) is 0.405. The van der Waals surface area contributed by atoms with Gasteiger partial charge >= 0.3 is 5.97 Å². The first-order valence-corrected chi connectivity index (χ1v) is 7.23. The van der Waals surface area contributed by atoms with Gasteiger partial charge in [0.1, 0.15) is 18.1 Å². The van der Waals surface area contributed by atoms with Gasteiger partial charge in [-0.1, -0.05) is 41.4 Å². The summed E-state index contributed by atoms with van der Waals surface area (Å²) in [5, 5.41) is 0.786. The van der Waals surface area contributed by atoms with E-state index in [1.807, 2.05) is 18.2 Å². The van der Waals surface area contributed by atoms with Crippen LogP contribution >= 0.6 is 23.2 Å². The van der Waals surface area contributed by atoms with Crippen LogP contribution < -0.4 is 9.47 Å². The number of para-hydroxylation sites is 1. The molecule has 116 valence electrons. The van der Waals surface area contributed by atoms with E-state index < -0.39 is 12.1 Å². The van der Waals surface area contributed by atoms with E-state index in [0.29, 0.717) is 21.5 Å². The fourth-order valence-corrected chi connectivity index (χ4v) is 2.15. The summed E-state index contributed by atoms with van der Waals surface area (Å²) in [5.41, 5.74) is 0. The summed E-state index contributed by atoms with van der Waals surface area (Å²) in [7, 11) is 1.28. The fraction of sp³-hybridized carbons (Fsp3) is 0.188. The maximum atomic E-state index is 11.8. The second-order valence-corrected chi connectivity index (χ2v) is 5.17. The molecule has 0 aliphatic heterocycles. The Hall–Kier alpha value is -1.91. The molecule has 0 saturated carbocycles. The molecule has 6 heteroatoms. The Labute approximate surface area is 138 Å². The van der Waals surface area contributed by atoms with Crippen LogP contribution in [0.5, 0.6) is 11.5 Å². The van der Waals surface area contributed by atoms with E-state index in [1.165, 1.54) is 13.2 Å². The second-order valence-electron chi connectivity index (χ2n) is 4.33. The second kappa shape index (κ2) is 7.92. The molecule has 2 rings (SSSR count). The standard InChI is InChI=1S/C16H14Cl2O4/c1-20-16(19)15(10-21-12-5-3-2-4-6-12)22-14-8-7-11(17)9-13(14)18/h2-9,15H,10H2,1H3. The van der Waals surface area contributed by atoms with Gasteiger partial charge in [0.05, 0.1) is 12.1 Å². The molecule has 0 N–H and O–H groups in total. The third-order valence-corrected chi connectivity index (χ3v) is 3.30. The minimum atomic E-state index is -0.941. The maximum Gasteiger partial charge on any atom is 0.350 e. The molecule has 2 aromatic carbocycles. The van der Waals surface area contributed by atoms with Crippen molar-refractivity contribution >= 4 is 29.2 Å². The molecular formula is C16H14Cl2O4. The van der Waals surface area contributed by atoms with Crippen LogP contribution in [0.15, 0.2) is 48.5 Å². The minimum Gasteiger partial charge on any atom is -0.489 e. The van der Waals surface area contributed by atoms with Crippen LogP contribution in [0.25, 0.3) is 0 Å². The van der Waals surface area contributed by atoms with Crippen LogP contribution in [0.2, 0.25) is 10.0 Å². The van der Waals surface area contributed by atoms with Crippen molar-refractivity contribution < 1.29 is 19.0 Å². The molecular weight excluding hydrogens is 327 g/mol. The quantitative estimate of drug-likeness (QED) is 0.745. The van der Waals surface area contributed by atoms with Crippen molar-refractivity contribution in [3.8, 4) is 11.5 Å². The lowest BCUT2D eigenvalue weighted by Gasteiger charge is -2.18. The Morgan fingerprint density at radius 1 is 1.14 bits per heavy atom. The molecule has 1 unspecified atom stereocenters. The summed E-state index contributed by atoms with van der Waals surface area (Å²) in [4.78, 5) is 11.8. The zero-order valence-corrected chi connectivity index (χ0v) is 13.3. The highest BCUT2D eigenvalue weighted by molar-refractivity contribution is 6.35. The van der Waals surface area contributed by atoms with Crippen molar-refractivity contribution in [1.82, 2.24) is 0 Å². The third-order valence-electron chi connectivity index (χ3n) is 2.77. The number of esters is 1. The average Bonchev–Trinajstić information content (AvgIpc) is 2.53. The van der Waals surface area contributed by atoms with Crippen molar-refractivity contribution in [2.45, 2.75) is 6.10 Å². The Kier molecular flexibility index (Phi) is 5.92. The summed E-state index contributed by atoms with van der Waals surface area (Å²) in [6.45, 7) is -0.00432. The van der Waals surface area contributed by atoms with Crippen LogP contribution in [0.1, 0.15) is 0 Å². The monoisotopic (exact) mass is 340 g/mol. The van der Waals surface area contributed by atoms with Gasteiger partial charge in [0.2, 0.25) is 6.10 Å². The highest BCUT2D eigenvalue weighted by Crippen LogP contribution is 2.28. The zero-order chi connectivity index (χ0) is 15.9. The van der Waals surface area contributed by atoms with Crippen molar-refractivity contribution in [3.63, 3.8) is 0 Å². The number of hydrogen-bond acceptors (Lipinski definition) is 4. The van der Waals surface area contributed by atoms with Crippen LogP contribution in [0, 0.1) is 0 Å². The van der Waals surface area contributed by atoms with Crippen molar-refractivity contribution in [2.75, 3.05) is 13.7 Å². The predicted octanol–water partition coefficient (Wildman–Crippen LogP) is 3.99. The Morgan fingerprint density at radius 2 is 1.86 bits per heavy atom. The van der Waals surface area contributed by atoms with Gasteiger partial charge in [-0.3, -0.25) is 0 Å². The van der Waals surface area contributed by atoms with Crippen LogP contribution in [-0.4, -0.2) is 25.8 Å². The summed E-state index contributed by atoms with van der Waals surface area (Å²) >= 11 is 11.9. The topological polar surface area (TPSA) is 44.8 Å². The number of ether oxygens (including phenoxy) is 3. The minimum absolute atomic E-state index is 0.00432.